The Morgan fingerprint density at radius 3 is 2.78 bits per heavy atom. The van der Waals surface area contributed by atoms with Crippen molar-refractivity contribution in [1.82, 2.24) is 14.9 Å². The van der Waals surface area contributed by atoms with Gasteiger partial charge in [0.2, 0.25) is 11.8 Å². The Bertz CT molecular complexity index is 968. The van der Waals surface area contributed by atoms with Gasteiger partial charge in [-0.1, -0.05) is 42.1 Å². The van der Waals surface area contributed by atoms with E-state index in [4.69, 9.17) is 5.73 Å². The Morgan fingerprint density at radius 2 is 2.00 bits per heavy atom. The van der Waals surface area contributed by atoms with Crippen LogP contribution in [0.4, 0.5) is 0 Å². The molecule has 1 heterocycles. The summed E-state index contributed by atoms with van der Waals surface area (Å²) in [6.07, 6.45) is 3.61. The number of aromatic nitrogens is 2. The lowest BCUT2D eigenvalue weighted by atomic mass is 10.1. The minimum Gasteiger partial charge on any atom is -0.366 e. The number of nitrogens with two attached hydrogens (primary N) is 1. The molecule has 3 N–H and O–H groups in total. The summed E-state index contributed by atoms with van der Waals surface area (Å²) in [7, 11) is 0. The summed E-state index contributed by atoms with van der Waals surface area (Å²) in [6.45, 7) is 2.38. The molecule has 0 fully saturated rings. The van der Waals surface area contributed by atoms with Gasteiger partial charge in [-0.05, 0) is 36.2 Å². The van der Waals surface area contributed by atoms with Crippen LogP contribution in [0.1, 0.15) is 21.5 Å². The molecule has 0 atom stereocenters. The number of nitrogens with zero attached hydrogens (tertiary/aromatic N) is 2. The third-order valence-corrected chi connectivity index (χ3v) is 4.98. The van der Waals surface area contributed by atoms with Gasteiger partial charge in [0.05, 0.1) is 11.4 Å². The third-order valence-electron chi connectivity index (χ3n) is 4.02. The molecule has 27 heavy (non-hydrogen) atoms. The lowest BCUT2D eigenvalue weighted by Crippen LogP contribution is -2.25. The number of aryl methyl sites for hydroxylation is 1. The van der Waals surface area contributed by atoms with E-state index in [1.807, 2.05) is 48.0 Å². The minimum absolute atomic E-state index is 0.108. The van der Waals surface area contributed by atoms with Crippen LogP contribution in [0.15, 0.2) is 66.1 Å². The highest BCUT2D eigenvalue weighted by Crippen LogP contribution is 2.22. The monoisotopic (exact) mass is 380 g/mol. The number of thioether (sulfide) groups is 1. The molecular formula is C20H20N4O2S. The number of carbonyl (C=O) groups is 2. The maximum Gasteiger partial charge on any atom is 0.248 e. The highest BCUT2D eigenvalue weighted by Gasteiger charge is 2.10. The van der Waals surface area contributed by atoms with Gasteiger partial charge in [0.25, 0.3) is 0 Å². The number of amides is 2. The fourth-order valence-corrected chi connectivity index (χ4v) is 3.43. The van der Waals surface area contributed by atoms with Crippen molar-refractivity contribution in [3.8, 4) is 5.69 Å². The highest BCUT2D eigenvalue weighted by molar-refractivity contribution is 7.99. The van der Waals surface area contributed by atoms with E-state index in [1.54, 1.807) is 24.4 Å². The quantitative estimate of drug-likeness (QED) is 0.617. The van der Waals surface area contributed by atoms with Crippen LogP contribution in [0, 0.1) is 6.92 Å². The standard InChI is InChI=1S/C20H20N4O2S/c1-14-5-2-3-8-17(14)24-10-9-22-20(24)27-13-18(25)23-12-15-6-4-7-16(11-15)19(21)26/h2-11H,12-13H2,1H3,(H2,21,26)(H,23,25). The number of benzene rings is 2. The first-order chi connectivity index (χ1) is 13.0. The number of carbonyl (C=O) groups excluding carboxylic acids is 2. The largest absolute Gasteiger partial charge is 0.366 e. The Labute approximate surface area is 161 Å². The Hall–Kier alpha value is -3.06. The van der Waals surface area contributed by atoms with Crippen LogP contribution < -0.4 is 11.1 Å². The first kappa shape index (κ1) is 18.7. The van der Waals surface area contributed by atoms with Crippen molar-refractivity contribution in [2.24, 2.45) is 5.73 Å². The van der Waals surface area contributed by atoms with Crippen molar-refractivity contribution in [2.45, 2.75) is 18.6 Å². The molecule has 0 spiro atoms. The minimum atomic E-state index is -0.484. The van der Waals surface area contributed by atoms with E-state index in [9.17, 15) is 9.59 Å². The summed E-state index contributed by atoms with van der Waals surface area (Å²) in [5.41, 5.74) is 8.70. The second-order valence-corrected chi connectivity index (χ2v) is 6.94. The zero-order valence-electron chi connectivity index (χ0n) is 14.9. The van der Waals surface area contributed by atoms with Crippen LogP contribution in [0.5, 0.6) is 0 Å². The van der Waals surface area contributed by atoms with Crippen molar-refractivity contribution in [3.05, 3.63) is 77.6 Å². The summed E-state index contributed by atoms with van der Waals surface area (Å²) < 4.78 is 1.98. The fraction of sp³-hybridized carbons (Fsp3) is 0.150. The van der Waals surface area contributed by atoms with Crippen LogP contribution in [-0.4, -0.2) is 27.1 Å². The molecule has 1 aromatic heterocycles. The molecule has 7 heteroatoms. The summed E-state index contributed by atoms with van der Waals surface area (Å²) >= 11 is 1.37. The average Bonchev–Trinajstić information content (AvgIpc) is 3.13. The zero-order valence-corrected chi connectivity index (χ0v) is 15.7. The molecule has 0 unspecified atom stereocenters. The van der Waals surface area contributed by atoms with Gasteiger partial charge in [-0.3, -0.25) is 14.2 Å². The van der Waals surface area contributed by atoms with E-state index in [0.717, 1.165) is 22.0 Å². The highest BCUT2D eigenvalue weighted by atomic mass is 32.2. The van der Waals surface area contributed by atoms with Crippen LogP contribution in [-0.2, 0) is 11.3 Å². The fourth-order valence-electron chi connectivity index (χ4n) is 2.63. The van der Waals surface area contributed by atoms with Gasteiger partial charge < -0.3 is 11.1 Å². The molecule has 3 rings (SSSR count). The Balaban J connectivity index is 1.58. The van der Waals surface area contributed by atoms with Crippen LogP contribution in [0.25, 0.3) is 5.69 Å². The first-order valence-corrected chi connectivity index (χ1v) is 9.41. The smallest absolute Gasteiger partial charge is 0.248 e. The number of hydrogen-bond donors (Lipinski definition) is 2. The van der Waals surface area contributed by atoms with E-state index < -0.39 is 5.91 Å². The number of rotatable bonds is 7. The second kappa shape index (κ2) is 8.55. The number of nitrogens with one attached hydrogen (secondary N) is 1. The molecule has 0 bridgehead atoms. The molecule has 138 valence electrons. The molecule has 0 aliphatic carbocycles. The Morgan fingerprint density at radius 1 is 1.19 bits per heavy atom. The number of imidazole rings is 1. The van der Waals surface area contributed by atoms with E-state index >= 15 is 0 Å². The lowest BCUT2D eigenvalue weighted by molar-refractivity contribution is -0.118. The Kier molecular flexibility index (Phi) is 5.93. The van der Waals surface area contributed by atoms with Crippen LogP contribution >= 0.6 is 11.8 Å². The molecule has 0 aliphatic heterocycles. The van der Waals surface area contributed by atoms with E-state index in [1.165, 1.54) is 11.8 Å². The van der Waals surface area contributed by atoms with Gasteiger partial charge in [0.1, 0.15) is 0 Å². The second-order valence-electron chi connectivity index (χ2n) is 6.00. The molecule has 3 aromatic rings. The van der Waals surface area contributed by atoms with E-state index in [-0.39, 0.29) is 11.7 Å². The number of hydrogen-bond acceptors (Lipinski definition) is 4. The van der Waals surface area contributed by atoms with Crippen LogP contribution in [0.2, 0.25) is 0 Å². The summed E-state index contributed by atoms with van der Waals surface area (Å²) in [4.78, 5) is 27.8. The lowest BCUT2D eigenvalue weighted by Gasteiger charge is -2.10. The summed E-state index contributed by atoms with van der Waals surface area (Å²) in [6, 6.07) is 14.9. The molecule has 0 radical (unpaired) electrons. The van der Waals surface area contributed by atoms with Gasteiger partial charge in [-0.25, -0.2) is 4.98 Å². The van der Waals surface area contributed by atoms with Crippen molar-refractivity contribution in [3.63, 3.8) is 0 Å². The van der Waals surface area contributed by atoms with Crippen molar-refractivity contribution in [2.75, 3.05) is 5.75 Å². The molecular weight excluding hydrogens is 360 g/mol. The molecule has 0 saturated carbocycles. The predicted molar refractivity (Wildman–Crippen MR) is 106 cm³/mol. The molecule has 0 aliphatic rings. The molecule has 2 aromatic carbocycles. The van der Waals surface area contributed by atoms with Crippen molar-refractivity contribution < 1.29 is 9.59 Å². The predicted octanol–water partition coefficient (Wildman–Crippen LogP) is 2.69. The third kappa shape index (κ3) is 4.77. The molecule has 2 amide bonds. The van der Waals surface area contributed by atoms with Gasteiger partial charge >= 0.3 is 0 Å². The maximum absolute atomic E-state index is 12.2. The van der Waals surface area contributed by atoms with E-state index in [0.29, 0.717) is 12.1 Å². The summed E-state index contributed by atoms with van der Waals surface area (Å²) in [5, 5.41) is 3.61. The van der Waals surface area contributed by atoms with Gasteiger partial charge in [-0.2, -0.15) is 0 Å². The normalized spacial score (nSPS) is 10.6. The van der Waals surface area contributed by atoms with Crippen molar-refractivity contribution in [1.29, 1.82) is 0 Å². The maximum atomic E-state index is 12.2. The zero-order chi connectivity index (χ0) is 19.2. The van der Waals surface area contributed by atoms with Gasteiger partial charge in [0.15, 0.2) is 5.16 Å². The number of primary amides is 1. The van der Waals surface area contributed by atoms with Crippen molar-refractivity contribution >= 4 is 23.6 Å². The average molecular weight is 380 g/mol. The topological polar surface area (TPSA) is 90.0 Å². The molecule has 0 saturated heterocycles. The first-order valence-electron chi connectivity index (χ1n) is 8.42. The van der Waals surface area contributed by atoms with Crippen LogP contribution in [0.3, 0.4) is 0 Å². The van der Waals surface area contributed by atoms with Gasteiger partial charge in [0, 0.05) is 24.5 Å². The van der Waals surface area contributed by atoms with Gasteiger partial charge in [-0.15, -0.1) is 0 Å². The van der Waals surface area contributed by atoms with E-state index in [2.05, 4.69) is 10.3 Å². The SMILES string of the molecule is Cc1ccccc1-n1ccnc1SCC(=O)NCc1cccc(C(N)=O)c1. The summed E-state index contributed by atoms with van der Waals surface area (Å²) in [5.74, 6) is -0.344. The number of para-hydroxylation sites is 1. The molecule has 6 nitrogen and oxygen atoms in total.